The number of nitrogens with zero attached hydrogens (tertiary/aromatic N) is 4. The third-order valence-corrected chi connectivity index (χ3v) is 7.27. The number of imidazole rings is 1. The van der Waals surface area contributed by atoms with Crippen molar-refractivity contribution in [1.82, 2.24) is 19.9 Å². The quantitative estimate of drug-likeness (QED) is 0.490. The lowest BCUT2D eigenvalue weighted by Gasteiger charge is -2.57. The molecule has 6 rings (SSSR count). The second-order valence-electron chi connectivity index (χ2n) is 9.53. The summed E-state index contributed by atoms with van der Waals surface area (Å²) in [5, 5.41) is 3.40. The number of ether oxygens (including phenoxy) is 2. The molecule has 0 bridgehead atoms. The number of rotatable bonds is 5. The summed E-state index contributed by atoms with van der Waals surface area (Å²) < 4.78 is 13.0. The minimum absolute atomic E-state index is 0.521. The zero-order valence-corrected chi connectivity index (χ0v) is 20.1. The van der Waals surface area contributed by atoms with Gasteiger partial charge < -0.3 is 24.3 Å². The molecule has 7 nitrogen and oxygen atoms in total. The van der Waals surface area contributed by atoms with E-state index in [0.717, 1.165) is 65.6 Å². The Morgan fingerprint density at radius 3 is 2.24 bits per heavy atom. The molecule has 174 valence electrons. The lowest BCUT2D eigenvalue weighted by atomic mass is 9.74. The highest BCUT2D eigenvalue weighted by atomic mass is 16.5. The summed E-state index contributed by atoms with van der Waals surface area (Å²) in [5.74, 6) is 2.25. The molecule has 7 heteroatoms. The Morgan fingerprint density at radius 2 is 1.59 bits per heavy atom. The van der Waals surface area contributed by atoms with Crippen LogP contribution in [-0.4, -0.2) is 54.9 Å². The molecule has 1 spiro atoms. The van der Waals surface area contributed by atoms with Crippen molar-refractivity contribution in [3.63, 3.8) is 0 Å². The topological polar surface area (TPSA) is 64.4 Å². The molecule has 0 unspecified atom stereocenters. The summed E-state index contributed by atoms with van der Waals surface area (Å²) in [5.41, 5.74) is 7.73. The van der Waals surface area contributed by atoms with E-state index in [-0.39, 0.29) is 0 Å². The van der Waals surface area contributed by atoms with Gasteiger partial charge >= 0.3 is 0 Å². The molecule has 34 heavy (non-hydrogen) atoms. The molecule has 4 aromatic rings. The van der Waals surface area contributed by atoms with Crippen molar-refractivity contribution < 1.29 is 9.47 Å². The predicted octanol–water partition coefficient (Wildman–Crippen LogP) is 4.04. The maximum atomic E-state index is 5.49. The Bertz CT molecular complexity index is 1380. The molecular weight excluding hydrogens is 426 g/mol. The van der Waals surface area contributed by atoms with E-state index in [9.17, 15) is 0 Å². The van der Waals surface area contributed by atoms with Gasteiger partial charge in [0.05, 0.1) is 31.1 Å². The molecule has 1 N–H and O–H groups in total. The van der Waals surface area contributed by atoms with Crippen LogP contribution in [0.2, 0.25) is 0 Å². The normalized spacial score (nSPS) is 16.4. The number of aromatic nitrogens is 3. The summed E-state index contributed by atoms with van der Waals surface area (Å²) in [4.78, 5) is 12.3. The Labute approximate surface area is 199 Å². The number of hydrogen-bond donors (Lipinski definition) is 1. The van der Waals surface area contributed by atoms with Gasteiger partial charge in [-0.15, -0.1) is 0 Å². The van der Waals surface area contributed by atoms with Gasteiger partial charge in [0.2, 0.25) is 0 Å². The molecule has 0 amide bonds. The lowest BCUT2D eigenvalue weighted by Crippen LogP contribution is -2.71. The van der Waals surface area contributed by atoms with Crippen LogP contribution in [0.15, 0.2) is 48.5 Å². The molecule has 0 saturated carbocycles. The number of benzene rings is 2. The zero-order valence-electron chi connectivity index (χ0n) is 20.1. The molecule has 2 aromatic carbocycles. The van der Waals surface area contributed by atoms with Crippen molar-refractivity contribution in [1.29, 1.82) is 0 Å². The number of anilines is 1. The maximum Gasteiger partial charge on any atom is 0.161 e. The van der Waals surface area contributed by atoms with Gasteiger partial charge in [0, 0.05) is 55.5 Å². The summed E-state index contributed by atoms with van der Waals surface area (Å²) >= 11 is 0. The van der Waals surface area contributed by atoms with Crippen LogP contribution in [-0.2, 0) is 7.05 Å². The second kappa shape index (κ2) is 7.74. The number of hydrogen-bond acceptors (Lipinski definition) is 6. The zero-order chi connectivity index (χ0) is 23.4. The molecule has 0 radical (unpaired) electrons. The number of fused-ring (bicyclic) bond motifs is 1. The van der Waals surface area contributed by atoms with E-state index < -0.39 is 0 Å². The van der Waals surface area contributed by atoms with E-state index in [1.54, 1.807) is 14.2 Å². The van der Waals surface area contributed by atoms with E-state index in [1.807, 2.05) is 32.2 Å². The summed E-state index contributed by atoms with van der Waals surface area (Å²) in [7, 11) is 5.33. The summed E-state index contributed by atoms with van der Waals surface area (Å²) in [6, 6.07) is 16.8. The first-order chi connectivity index (χ1) is 16.5. The lowest BCUT2D eigenvalue weighted by molar-refractivity contribution is 0.121. The van der Waals surface area contributed by atoms with Crippen molar-refractivity contribution in [3.05, 3.63) is 54.2 Å². The number of aryl methyl sites for hydroxylation is 2. The third-order valence-electron chi connectivity index (χ3n) is 7.27. The van der Waals surface area contributed by atoms with Gasteiger partial charge in [0.15, 0.2) is 11.5 Å². The van der Waals surface area contributed by atoms with Crippen molar-refractivity contribution >= 4 is 16.7 Å². The number of methoxy groups -OCH3 is 2. The molecule has 4 heterocycles. The van der Waals surface area contributed by atoms with Crippen molar-refractivity contribution in [3.8, 4) is 34.1 Å². The van der Waals surface area contributed by atoms with Crippen LogP contribution < -0.4 is 19.7 Å². The number of nitrogens with one attached hydrogen (secondary N) is 1. The van der Waals surface area contributed by atoms with E-state index in [1.165, 1.54) is 5.69 Å². The van der Waals surface area contributed by atoms with Gasteiger partial charge in [-0.25, -0.2) is 4.98 Å². The average Bonchev–Trinajstić information content (AvgIpc) is 3.14. The fourth-order valence-corrected chi connectivity index (χ4v) is 5.21. The Morgan fingerprint density at radius 1 is 0.882 bits per heavy atom. The maximum absolute atomic E-state index is 5.49. The summed E-state index contributed by atoms with van der Waals surface area (Å²) in [6.45, 7) is 6.63. The third kappa shape index (κ3) is 3.22. The number of pyridine rings is 1. The molecular formula is C27H29N5O2. The van der Waals surface area contributed by atoms with Crippen LogP contribution in [0.1, 0.15) is 5.69 Å². The molecule has 0 aliphatic carbocycles. The van der Waals surface area contributed by atoms with Crippen LogP contribution in [0.4, 0.5) is 5.69 Å². The monoisotopic (exact) mass is 455 g/mol. The first kappa shape index (κ1) is 21.0. The molecule has 2 fully saturated rings. The van der Waals surface area contributed by atoms with Crippen molar-refractivity contribution in [2.75, 3.05) is 45.3 Å². The van der Waals surface area contributed by atoms with Gasteiger partial charge in [-0.3, -0.25) is 4.98 Å². The molecule has 2 aliphatic heterocycles. The first-order valence-corrected chi connectivity index (χ1v) is 11.6. The molecule has 2 aromatic heterocycles. The molecule has 0 atom stereocenters. The highest BCUT2D eigenvalue weighted by Gasteiger charge is 2.47. The van der Waals surface area contributed by atoms with E-state index in [2.05, 4.69) is 45.1 Å². The van der Waals surface area contributed by atoms with E-state index >= 15 is 0 Å². The second-order valence-corrected chi connectivity index (χ2v) is 9.53. The average molecular weight is 456 g/mol. The minimum Gasteiger partial charge on any atom is -0.493 e. The van der Waals surface area contributed by atoms with Gasteiger partial charge in [0.25, 0.3) is 0 Å². The van der Waals surface area contributed by atoms with E-state index in [0.29, 0.717) is 16.9 Å². The van der Waals surface area contributed by atoms with Gasteiger partial charge in [-0.1, -0.05) is 12.1 Å². The van der Waals surface area contributed by atoms with Crippen LogP contribution in [0.3, 0.4) is 0 Å². The standard InChI is InChI=1S/C27H29N5O2/c1-17-25-22(31(2)26(30-25)19-7-10-23(33-3)24(11-19)34-4)12-21(29-17)18-5-8-20(9-6-18)32-15-27(16-32)13-28-14-27/h5-12,28H,13-16H2,1-4H3. The fourth-order valence-electron chi connectivity index (χ4n) is 5.21. The van der Waals surface area contributed by atoms with E-state index in [4.69, 9.17) is 19.4 Å². The van der Waals surface area contributed by atoms with Gasteiger partial charge in [0.1, 0.15) is 11.3 Å². The van der Waals surface area contributed by atoms with Crippen LogP contribution in [0.25, 0.3) is 33.7 Å². The highest BCUT2D eigenvalue weighted by Crippen LogP contribution is 2.38. The molecule has 2 saturated heterocycles. The largest absolute Gasteiger partial charge is 0.493 e. The van der Waals surface area contributed by atoms with Gasteiger partial charge in [-0.2, -0.15) is 0 Å². The minimum atomic E-state index is 0.521. The Kier molecular flexibility index (Phi) is 4.78. The SMILES string of the molecule is COc1ccc(-c2nc3c(C)nc(-c4ccc(N5CC6(CNC6)C5)cc4)cc3n2C)cc1OC. The molecule has 2 aliphatic rings. The Balaban J connectivity index is 1.33. The summed E-state index contributed by atoms with van der Waals surface area (Å²) in [6.07, 6.45) is 0. The van der Waals surface area contributed by atoms with Gasteiger partial charge in [-0.05, 0) is 43.3 Å². The predicted molar refractivity (Wildman–Crippen MR) is 135 cm³/mol. The smallest absolute Gasteiger partial charge is 0.161 e. The van der Waals surface area contributed by atoms with Crippen LogP contribution in [0.5, 0.6) is 11.5 Å². The highest BCUT2D eigenvalue weighted by molar-refractivity contribution is 5.86. The van der Waals surface area contributed by atoms with Crippen LogP contribution in [0, 0.1) is 12.3 Å². The Hall–Kier alpha value is -3.58. The van der Waals surface area contributed by atoms with Crippen molar-refractivity contribution in [2.24, 2.45) is 12.5 Å². The first-order valence-electron chi connectivity index (χ1n) is 11.6. The van der Waals surface area contributed by atoms with Crippen molar-refractivity contribution in [2.45, 2.75) is 6.92 Å². The fraction of sp³-hybridized carbons (Fsp3) is 0.333. The van der Waals surface area contributed by atoms with Crippen LogP contribution >= 0.6 is 0 Å².